The lowest BCUT2D eigenvalue weighted by molar-refractivity contribution is 0.330. The average molecular weight is 740 g/mol. The van der Waals surface area contributed by atoms with Crippen LogP contribution in [0.1, 0.15) is 59.7 Å². The fourth-order valence-corrected chi connectivity index (χ4v) is 7.61. The van der Waals surface area contributed by atoms with E-state index < -0.39 is 28.7 Å². The van der Waals surface area contributed by atoms with Crippen LogP contribution in [0.5, 0.6) is 28.7 Å². The van der Waals surface area contributed by atoms with Crippen LogP contribution in [0.25, 0.3) is 33.4 Å². The number of aliphatic imine (C=N–C) groups is 2. The van der Waals surface area contributed by atoms with Gasteiger partial charge in [-0.25, -0.2) is 9.98 Å². The minimum absolute atomic E-state index is 0.181. The summed E-state index contributed by atoms with van der Waals surface area (Å²) in [5.74, 6) is -2.69. The molecule has 3 aliphatic rings. The summed E-state index contributed by atoms with van der Waals surface area (Å²) >= 11 is 0. The molecule has 0 bridgehead atoms. The quantitative estimate of drug-likeness (QED) is 0.0692. The second kappa shape index (κ2) is 15.0. The van der Waals surface area contributed by atoms with Crippen LogP contribution in [0.4, 0.5) is 0 Å². The number of benzene rings is 5. The van der Waals surface area contributed by atoms with E-state index in [9.17, 15) is 25.5 Å². The number of hydrogen-bond acceptors (Lipinski definition) is 8. The first-order valence-corrected chi connectivity index (χ1v) is 18.6. The lowest BCUT2D eigenvalue weighted by Crippen LogP contribution is -2.34. The molecule has 0 saturated heterocycles. The van der Waals surface area contributed by atoms with E-state index in [0.29, 0.717) is 11.4 Å². The zero-order chi connectivity index (χ0) is 38.9. The average Bonchev–Trinajstić information content (AvgIpc) is 3.25. The van der Waals surface area contributed by atoms with Crippen molar-refractivity contribution in [3.63, 3.8) is 0 Å². The molecule has 6 N–H and O–H groups in total. The van der Waals surface area contributed by atoms with Gasteiger partial charge in [0.1, 0.15) is 12.0 Å². The van der Waals surface area contributed by atoms with Crippen molar-refractivity contribution in [3.8, 4) is 51.0 Å². The molecule has 2 aliphatic carbocycles. The third-order valence-corrected chi connectivity index (χ3v) is 10.7. The third kappa shape index (κ3) is 6.66. The Hall–Kier alpha value is -7.06. The molecule has 8 nitrogen and oxygen atoms in total. The molecular formula is C48H41N3O5. The number of phenols is 5. The number of nitrogens with zero attached hydrogens (tertiary/aromatic N) is 2. The molecular weight excluding hydrogens is 699 g/mol. The van der Waals surface area contributed by atoms with E-state index >= 15 is 0 Å². The highest BCUT2D eigenvalue weighted by Crippen LogP contribution is 2.54. The van der Waals surface area contributed by atoms with Crippen LogP contribution >= 0.6 is 0 Å². The van der Waals surface area contributed by atoms with Crippen LogP contribution in [-0.4, -0.2) is 37.2 Å². The van der Waals surface area contributed by atoms with Gasteiger partial charge in [0.15, 0.2) is 17.3 Å². The molecule has 278 valence electrons. The Kier molecular flexibility index (Phi) is 9.62. The molecule has 56 heavy (non-hydrogen) atoms. The van der Waals surface area contributed by atoms with Gasteiger partial charge < -0.3 is 30.8 Å². The van der Waals surface area contributed by atoms with Gasteiger partial charge in [-0.05, 0) is 93.8 Å². The summed E-state index contributed by atoms with van der Waals surface area (Å²) < 4.78 is 0. The Labute approximate surface area is 325 Å². The van der Waals surface area contributed by atoms with E-state index in [4.69, 9.17) is 9.98 Å². The molecule has 1 aliphatic heterocycles. The van der Waals surface area contributed by atoms with Gasteiger partial charge in [0.2, 0.25) is 17.2 Å². The van der Waals surface area contributed by atoms with Gasteiger partial charge in [0.05, 0.1) is 5.56 Å². The van der Waals surface area contributed by atoms with Crippen molar-refractivity contribution in [1.82, 2.24) is 5.32 Å². The summed E-state index contributed by atoms with van der Waals surface area (Å²) in [6, 6.07) is 31.9. The number of phenolic OH excluding ortho intramolecular Hbond substituents is 5. The summed E-state index contributed by atoms with van der Waals surface area (Å²) in [6.07, 6.45) is 14.0. The van der Waals surface area contributed by atoms with E-state index in [1.54, 1.807) is 12.1 Å². The Morgan fingerprint density at radius 3 is 1.93 bits per heavy atom. The molecule has 0 amide bonds. The summed E-state index contributed by atoms with van der Waals surface area (Å²) in [6.45, 7) is 6.33. The second-order valence-electron chi connectivity index (χ2n) is 14.1. The molecule has 0 radical (unpaired) electrons. The molecule has 8 rings (SSSR count). The molecule has 0 aromatic heterocycles. The van der Waals surface area contributed by atoms with Crippen molar-refractivity contribution in [2.24, 2.45) is 9.98 Å². The summed E-state index contributed by atoms with van der Waals surface area (Å²) in [4.78, 5) is 10.3. The SMILES string of the molecule is C=CC1=C(c2cccc(C3=NC(c4ccccc4)NC(C4=CC=CCC4)=N3)c2C)C=C(c2ccc(-c3ccc(-c4c(O)c(O)c(O)c(O)c4O)cc3)cc2)CC1. The zero-order valence-electron chi connectivity index (χ0n) is 30.9. The smallest absolute Gasteiger partial charge is 0.208 e. The maximum atomic E-state index is 10.4. The standard InChI is InChI=1S/C48H41N3O5/c1-3-29-17-26-36(32-20-18-30(19-21-32)31-22-24-33(25-23-31)40-41(52)43(54)45(56)44(55)42(40)53)27-39(29)37-15-10-16-38(28(37)2)48-50-46(34-11-6-4-7-12-34)49-47(51-48)35-13-8-5-9-14-35/h3-8,10-13,15-16,18-25,27,46,52-56H,1,9,14,17,26H2,2H3,(H,49,50,51). The largest absolute Gasteiger partial charge is 0.504 e. The first kappa shape index (κ1) is 35.9. The van der Waals surface area contributed by atoms with E-state index in [-0.39, 0.29) is 11.7 Å². The van der Waals surface area contributed by atoms with E-state index in [2.05, 4.69) is 97.7 Å². The lowest BCUT2D eigenvalue weighted by atomic mass is 9.83. The van der Waals surface area contributed by atoms with Crippen LogP contribution in [0.15, 0.2) is 155 Å². The van der Waals surface area contributed by atoms with Crippen LogP contribution in [-0.2, 0) is 0 Å². The molecule has 1 unspecified atom stereocenters. The molecule has 0 fully saturated rings. The molecule has 5 aromatic rings. The van der Waals surface area contributed by atoms with Crippen molar-refractivity contribution in [1.29, 1.82) is 0 Å². The van der Waals surface area contributed by atoms with Gasteiger partial charge in [-0.1, -0.05) is 134 Å². The van der Waals surface area contributed by atoms with Gasteiger partial charge in [-0.2, -0.15) is 0 Å². The van der Waals surface area contributed by atoms with Crippen LogP contribution in [0, 0.1) is 6.92 Å². The monoisotopic (exact) mass is 739 g/mol. The van der Waals surface area contributed by atoms with Crippen molar-refractivity contribution in [2.75, 3.05) is 0 Å². The fraction of sp³-hybridized carbons (Fsp3) is 0.125. The highest BCUT2D eigenvalue weighted by atomic mass is 16.4. The van der Waals surface area contributed by atoms with Gasteiger partial charge in [0.25, 0.3) is 0 Å². The number of allylic oxidation sites excluding steroid dienone is 8. The number of amidine groups is 2. The summed E-state index contributed by atoms with van der Waals surface area (Å²) in [5, 5.41) is 54.1. The lowest BCUT2D eigenvalue weighted by Gasteiger charge is -2.26. The number of rotatable bonds is 8. The first-order valence-electron chi connectivity index (χ1n) is 18.6. The van der Waals surface area contributed by atoms with Crippen LogP contribution < -0.4 is 5.32 Å². The Balaban J connectivity index is 1.10. The molecule has 0 spiro atoms. The van der Waals surface area contributed by atoms with Crippen LogP contribution in [0.2, 0.25) is 0 Å². The van der Waals surface area contributed by atoms with Gasteiger partial charge in [-0.3, -0.25) is 0 Å². The topological polar surface area (TPSA) is 138 Å². The normalized spacial score (nSPS) is 16.7. The van der Waals surface area contributed by atoms with Crippen molar-refractivity contribution in [2.45, 2.75) is 38.8 Å². The maximum Gasteiger partial charge on any atom is 0.208 e. The van der Waals surface area contributed by atoms with Gasteiger partial charge in [0, 0.05) is 5.56 Å². The maximum absolute atomic E-state index is 10.4. The van der Waals surface area contributed by atoms with E-state index in [0.717, 1.165) is 76.0 Å². The van der Waals surface area contributed by atoms with Crippen molar-refractivity contribution in [3.05, 3.63) is 173 Å². The minimum atomic E-state index is -0.987. The van der Waals surface area contributed by atoms with Gasteiger partial charge in [-0.15, -0.1) is 0 Å². The predicted molar refractivity (Wildman–Crippen MR) is 224 cm³/mol. The summed E-state index contributed by atoms with van der Waals surface area (Å²) in [7, 11) is 0. The zero-order valence-corrected chi connectivity index (χ0v) is 30.9. The van der Waals surface area contributed by atoms with E-state index in [1.807, 2.05) is 36.4 Å². The third-order valence-electron chi connectivity index (χ3n) is 10.7. The highest BCUT2D eigenvalue weighted by molar-refractivity contribution is 6.14. The molecule has 5 aromatic carbocycles. The molecule has 1 atom stereocenters. The molecule has 0 saturated carbocycles. The number of hydrogen-bond donors (Lipinski definition) is 6. The van der Waals surface area contributed by atoms with Gasteiger partial charge >= 0.3 is 0 Å². The van der Waals surface area contributed by atoms with Crippen molar-refractivity contribution < 1.29 is 25.5 Å². The summed E-state index contributed by atoms with van der Waals surface area (Å²) in [5.41, 5.74) is 12.1. The molecule has 8 heteroatoms. The minimum Gasteiger partial charge on any atom is -0.504 e. The second-order valence-corrected chi connectivity index (χ2v) is 14.1. The van der Waals surface area contributed by atoms with Crippen molar-refractivity contribution >= 4 is 22.8 Å². The van der Waals surface area contributed by atoms with E-state index in [1.165, 1.54) is 16.7 Å². The number of aromatic hydroxyl groups is 5. The Morgan fingerprint density at radius 1 is 0.661 bits per heavy atom. The molecule has 1 heterocycles. The predicted octanol–water partition coefficient (Wildman–Crippen LogP) is 10.4. The van der Waals surface area contributed by atoms with Crippen LogP contribution in [0.3, 0.4) is 0 Å². The Morgan fingerprint density at radius 2 is 1.29 bits per heavy atom. The fourth-order valence-electron chi connectivity index (χ4n) is 7.61. The Bertz CT molecular complexity index is 2530. The highest BCUT2D eigenvalue weighted by Gasteiger charge is 2.26. The first-order chi connectivity index (χ1) is 27.2. The number of nitrogens with one attached hydrogen (secondary N) is 1.